The fraction of sp³-hybridized carbons (Fsp3) is 0.923. The lowest BCUT2D eigenvalue weighted by Gasteiger charge is -2.37. The third-order valence-corrected chi connectivity index (χ3v) is 3.35. The van der Waals surface area contributed by atoms with Gasteiger partial charge in [0.2, 0.25) is 0 Å². The molecule has 1 atom stereocenters. The van der Waals surface area contributed by atoms with Crippen LogP contribution in [0.15, 0.2) is 0 Å². The van der Waals surface area contributed by atoms with Gasteiger partial charge in [0.05, 0.1) is 11.0 Å². The molecule has 0 aliphatic heterocycles. The SMILES string of the molecule is CC(C)OC(=O)NC(C)(S)CC(C)(C)C(C)C. The van der Waals surface area contributed by atoms with Gasteiger partial charge in [-0.25, -0.2) is 4.79 Å². The summed E-state index contributed by atoms with van der Waals surface area (Å²) in [5.41, 5.74) is 0.113. The molecule has 0 aliphatic carbocycles. The molecule has 0 aromatic rings. The zero-order chi connectivity index (χ0) is 13.9. The molecular formula is C13H27NO2S. The Hall–Kier alpha value is -0.380. The van der Waals surface area contributed by atoms with Crippen LogP contribution in [0.2, 0.25) is 0 Å². The molecule has 0 fully saturated rings. The van der Waals surface area contributed by atoms with E-state index in [0.717, 1.165) is 6.42 Å². The van der Waals surface area contributed by atoms with Gasteiger partial charge in [-0.15, -0.1) is 0 Å². The molecule has 1 unspecified atom stereocenters. The van der Waals surface area contributed by atoms with Gasteiger partial charge >= 0.3 is 6.09 Å². The number of alkyl carbamates (subject to hydrolysis) is 1. The molecule has 17 heavy (non-hydrogen) atoms. The van der Waals surface area contributed by atoms with Gasteiger partial charge in [0.25, 0.3) is 0 Å². The first-order chi connectivity index (χ1) is 7.46. The first-order valence-corrected chi connectivity index (χ1v) is 6.62. The van der Waals surface area contributed by atoms with Crippen molar-refractivity contribution in [2.75, 3.05) is 0 Å². The molecule has 1 N–H and O–H groups in total. The first kappa shape index (κ1) is 16.6. The highest BCUT2D eigenvalue weighted by atomic mass is 32.1. The molecule has 0 spiro atoms. The second kappa shape index (κ2) is 5.98. The summed E-state index contributed by atoms with van der Waals surface area (Å²) < 4.78 is 5.06. The van der Waals surface area contributed by atoms with E-state index in [-0.39, 0.29) is 11.5 Å². The standard InChI is InChI=1S/C13H27NO2S/c1-9(2)12(5,6)8-13(7,17)14-11(15)16-10(3)4/h9-10,17H,8H2,1-7H3,(H,14,15). The number of carbonyl (C=O) groups is 1. The molecule has 4 heteroatoms. The van der Waals surface area contributed by atoms with Crippen LogP contribution in [0.4, 0.5) is 4.79 Å². The highest BCUT2D eigenvalue weighted by Gasteiger charge is 2.33. The van der Waals surface area contributed by atoms with Crippen LogP contribution in [0.5, 0.6) is 0 Å². The lowest BCUT2D eigenvalue weighted by atomic mass is 9.76. The Balaban J connectivity index is 4.43. The lowest BCUT2D eigenvalue weighted by molar-refractivity contribution is 0.105. The minimum atomic E-state index is -0.556. The van der Waals surface area contributed by atoms with Crippen LogP contribution in [-0.2, 0) is 4.74 Å². The molecule has 0 saturated carbocycles. The monoisotopic (exact) mass is 261 g/mol. The summed E-state index contributed by atoms with van der Waals surface area (Å²) in [4.78, 5) is 11.0. The zero-order valence-corrected chi connectivity index (χ0v) is 13.0. The number of hydrogen-bond acceptors (Lipinski definition) is 3. The van der Waals surface area contributed by atoms with E-state index in [1.54, 1.807) is 0 Å². The Labute approximate surface area is 111 Å². The number of hydrogen-bond donors (Lipinski definition) is 2. The maximum Gasteiger partial charge on any atom is 0.408 e. The molecule has 1 amide bonds. The molecule has 0 saturated heterocycles. The smallest absolute Gasteiger partial charge is 0.408 e. The Morgan fingerprint density at radius 3 is 2.06 bits per heavy atom. The predicted molar refractivity (Wildman–Crippen MR) is 75.4 cm³/mol. The fourth-order valence-electron chi connectivity index (χ4n) is 1.60. The number of rotatable bonds is 5. The second-order valence-electron chi connectivity index (χ2n) is 6.17. The Morgan fingerprint density at radius 2 is 1.71 bits per heavy atom. The molecule has 0 bridgehead atoms. The molecule has 0 aliphatic rings. The third-order valence-electron chi connectivity index (χ3n) is 3.08. The van der Waals surface area contributed by atoms with E-state index in [1.165, 1.54) is 0 Å². The molecule has 0 heterocycles. The Kier molecular flexibility index (Phi) is 5.85. The summed E-state index contributed by atoms with van der Waals surface area (Å²) in [7, 11) is 0. The van der Waals surface area contributed by atoms with Crippen molar-refractivity contribution in [3.05, 3.63) is 0 Å². The lowest BCUT2D eigenvalue weighted by Crippen LogP contribution is -2.46. The Bertz CT molecular complexity index is 260. The second-order valence-corrected chi connectivity index (χ2v) is 7.16. The van der Waals surface area contributed by atoms with E-state index >= 15 is 0 Å². The van der Waals surface area contributed by atoms with Crippen LogP contribution in [0.25, 0.3) is 0 Å². The maximum absolute atomic E-state index is 11.5. The van der Waals surface area contributed by atoms with Crippen molar-refractivity contribution in [3.63, 3.8) is 0 Å². The molecule has 0 aromatic carbocycles. The topological polar surface area (TPSA) is 38.3 Å². The number of carbonyl (C=O) groups excluding carboxylic acids is 1. The number of amides is 1. The summed E-state index contributed by atoms with van der Waals surface area (Å²) in [5.74, 6) is 0.525. The summed E-state index contributed by atoms with van der Waals surface area (Å²) >= 11 is 4.52. The van der Waals surface area contributed by atoms with Crippen LogP contribution in [0, 0.1) is 11.3 Å². The van der Waals surface area contributed by atoms with Gasteiger partial charge in [-0.2, -0.15) is 12.6 Å². The third kappa shape index (κ3) is 6.81. The van der Waals surface area contributed by atoms with Gasteiger partial charge in [-0.3, -0.25) is 0 Å². The van der Waals surface area contributed by atoms with E-state index in [2.05, 4.69) is 45.6 Å². The molecule has 0 radical (unpaired) electrons. The highest BCUT2D eigenvalue weighted by molar-refractivity contribution is 7.81. The maximum atomic E-state index is 11.5. The van der Waals surface area contributed by atoms with Crippen molar-refractivity contribution in [3.8, 4) is 0 Å². The van der Waals surface area contributed by atoms with Gasteiger partial charge in [0.1, 0.15) is 0 Å². The molecule has 0 aromatic heterocycles. The van der Waals surface area contributed by atoms with E-state index in [0.29, 0.717) is 5.92 Å². The highest BCUT2D eigenvalue weighted by Crippen LogP contribution is 2.36. The zero-order valence-electron chi connectivity index (χ0n) is 12.1. The molecule has 102 valence electrons. The molecule has 3 nitrogen and oxygen atoms in total. The average molecular weight is 261 g/mol. The summed E-state index contributed by atoms with van der Waals surface area (Å²) in [6, 6.07) is 0. The van der Waals surface area contributed by atoms with E-state index in [1.807, 2.05) is 20.8 Å². The normalized spacial score (nSPS) is 15.9. The average Bonchev–Trinajstić information content (AvgIpc) is 1.96. The van der Waals surface area contributed by atoms with Gasteiger partial charge in [0, 0.05) is 0 Å². The van der Waals surface area contributed by atoms with E-state index in [9.17, 15) is 4.79 Å². The largest absolute Gasteiger partial charge is 0.447 e. The van der Waals surface area contributed by atoms with Crippen LogP contribution in [0.1, 0.15) is 54.9 Å². The van der Waals surface area contributed by atoms with Gasteiger partial charge in [-0.1, -0.05) is 27.7 Å². The quantitative estimate of drug-likeness (QED) is 0.583. The van der Waals surface area contributed by atoms with Crippen molar-refractivity contribution in [1.29, 1.82) is 0 Å². The Morgan fingerprint density at radius 1 is 1.24 bits per heavy atom. The van der Waals surface area contributed by atoms with Crippen molar-refractivity contribution in [2.24, 2.45) is 11.3 Å². The van der Waals surface area contributed by atoms with Crippen molar-refractivity contribution in [1.82, 2.24) is 5.32 Å². The molecule has 0 rings (SSSR count). The minimum Gasteiger partial charge on any atom is -0.447 e. The van der Waals surface area contributed by atoms with Crippen LogP contribution in [-0.4, -0.2) is 17.1 Å². The number of ether oxygens (including phenoxy) is 1. The first-order valence-electron chi connectivity index (χ1n) is 6.17. The van der Waals surface area contributed by atoms with E-state index in [4.69, 9.17) is 4.74 Å². The van der Waals surface area contributed by atoms with E-state index < -0.39 is 11.0 Å². The summed E-state index contributed by atoms with van der Waals surface area (Å²) in [6.45, 7) is 14.3. The van der Waals surface area contributed by atoms with Crippen LogP contribution < -0.4 is 5.32 Å². The molecular weight excluding hydrogens is 234 g/mol. The number of nitrogens with one attached hydrogen (secondary N) is 1. The summed E-state index contributed by atoms with van der Waals surface area (Å²) in [5, 5.41) is 2.80. The van der Waals surface area contributed by atoms with Gasteiger partial charge < -0.3 is 10.1 Å². The van der Waals surface area contributed by atoms with Crippen molar-refractivity contribution in [2.45, 2.75) is 65.9 Å². The summed E-state index contributed by atoms with van der Waals surface area (Å²) in [6.07, 6.45) is 0.267. The fourth-order valence-corrected chi connectivity index (χ4v) is 2.10. The van der Waals surface area contributed by atoms with Crippen LogP contribution >= 0.6 is 12.6 Å². The van der Waals surface area contributed by atoms with Gasteiger partial charge in [0.15, 0.2) is 0 Å². The van der Waals surface area contributed by atoms with Crippen molar-refractivity contribution < 1.29 is 9.53 Å². The predicted octanol–water partition coefficient (Wildman–Crippen LogP) is 3.84. The van der Waals surface area contributed by atoms with Crippen LogP contribution in [0.3, 0.4) is 0 Å². The minimum absolute atomic E-state index is 0.113. The van der Waals surface area contributed by atoms with Crippen molar-refractivity contribution >= 4 is 18.7 Å². The number of thiol groups is 1. The van der Waals surface area contributed by atoms with Gasteiger partial charge in [-0.05, 0) is 38.5 Å².